The van der Waals surface area contributed by atoms with Gasteiger partial charge in [-0.1, -0.05) is 24.3 Å². The number of nitrogens with two attached hydrogens (primary N) is 1. The van der Waals surface area contributed by atoms with Crippen molar-refractivity contribution in [2.75, 3.05) is 38.3 Å². The Morgan fingerprint density at radius 1 is 1.03 bits per heavy atom. The third-order valence-electron chi connectivity index (χ3n) is 4.74. The molecule has 0 aliphatic heterocycles. The molecule has 0 saturated heterocycles. The highest BCUT2D eigenvalue weighted by Gasteiger charge is 2.13. The van der Waals surface area contributed by atoms with Crippen LogP contribution in [0.1, 0.15) is 15.9 Å². The van der Waals surface area contributed by atoms with Gasteiger partial charge >= 0.3 is 0 Å². The highest BCUT2D eigenvalue weighted by Crippen LogP contribution is 2.30. The summed E-state index contributed by atoms with van der Waals surface area (Å²) in [4.78, 5) is 15.6. The van der Waals surface area contributed by atoms with Gasteiger partial charge in [0.2, 0.25) is 0 Å². The largest absolute Gasteiger partial charge is 0.507 e. The number of likely N-dealkylation sites (N-methyl/N-ethyl adjacent to an activating group) is 1. The molecule has 1 aromatic heterocycles. The van der Waals surface area contributed by atoms with E-state index < -0.39 is 0 Å². The van der Waals surface area contributed by atoms with Gasteiger partial charge in [-0.05, 0) is 42.3 Å². The van der Waals surface area contributed by atoms with Crippen molar-refractivity contribution in [2.45, 2.75) is 6.42 Å². The molecule has 2 aromatic carbocycles. The van der Waals surface area contributed by atoms with Crippen molar-refractivity contribution in [1.29, 1.82) is 0 Å². The van der Waals surface area contributed by atoms with Crippen molar-refractivity contribution < 1.29 is 9.90 Å². The number of phenolic OH excluding ortho intramolecular Hbond substituents is 1. The molecule has 0 aliphatic rings. The van der Waals surface area contributed by atoms with Crippen molar-refractivity contribution in [2.24, 2.45) is 0 Å². The van der Waals surface area contributed by atoms with Crippen LogP contribution in [-0.4, -0.2) is 53.8 Å². The Balaban J connectivity index is 1.72. The number of nitrogen functional groups attached to an aromatic ring is 1. The first-order valence-corrected chi connectivity index (χ1v) is 9.30. The fourth-order valence-corrected chi connectivity index (χ4v) is 3.01. The zero-order chi connectivity index (χ0) is 21.0. The molecule has 0 aliphatic carbocycles. The van der Waals surface area contributed by atoms with Gasteiger partial charge in [-0.2, -0.15) is 0 Å². The molecular formula is C22H25N5O2. The lowest BCUT2D eigenvalue weighted by molar-refractivity contribution is 0.0827. The maximum Gasteiger partial charge on any atom is 0.253 e. The van der Waals surface area contributed by atoms with Crippen LogP contribution in [0, 0.1) is 0 Å². The SMILES string of the molecule is CN(C)C(=O)c1ccc(CCN(C)c2cc(-c3ccccc3O)nnc2N)cc1. The lowest BCUT2D eigenvalue weighted by Crippen LogP contribution is -2.23. The predicted molar refractivity (Wildman–Crippen MR) is 115 cm³/mol. The van der Waals surface area contributed by atoms with E-state index in [0.29, 0.717) is 29.2 Å². The van der Waals surface area contributed by atoms with E-state index in [1.165, 1.54) is 0 Å². The number of benzene rings is 2. The molecule has 3 rings (SSSR count). The Labute approximate surface area is 170 Å². The van der Waals surface area contributed by atoms with Gasteiger partial charge < -0.3 is 20.6 Å². The van der Waals surface area contributed by atoms with Gasteiger partial charge in [0.1, 0.15) is 5.75 Å². The molecule has 0 atom stereocenters. The molecule has 0 spiro atoms. The zero-order valence-electron chi connectivity index (χ0n) is 16.8. The van der Waals surface area contributed by atoms with Gasteiger partial charge in [0.25, 0.3) is 5.91 Å². The van der Waals surface area contributed by atoms with Crippen molar-refractivity contribution in [1.82, 2.24) is 15.1 Å². The Kier molecular flexibility index (Phi) is 5.97. The van der Waals surface area contributed by atoms with Crippen LogP contribution in [0.25, 0.3) is 11.3 Å². The molecule has 3 aromatic rings. The van der Waals surface area contributed by atoms with E-state index in [2.05, 4.69) is 10.2 Å². The summed E-state index contributed by atoms with van der Waals surface area (Å²) in [5.74, 6) is 0.465. The van der Waals surface area contributed by atoms with Gasteiger partial charge in [0, 0.05) is 38.8 Å². The molecule has 7 heteroatoms. The average Bonchev–Trinajstić information content (AvgIpc) is 2.72. The van der Waals surface area contributed by atoms with E-state index in [0.717, 1.165) is 17.7 Å². The van der Waals surface area contributed by atoms with Crippen LogP contribution >= 0.6 is 0 Å². The number of aromatic hydroxyl groups is 1. The van der Waals surface area contributed by atoms with Crippen LogP contribution in [-0.2, 0) is 6.42 Å². The summed E-state index contributed by atoms with van der Waals surface area (Å²) in [6, 6.07) is 16.4. The molecule has 0 bridgehead atoms. The first-order valence-electron chi connectivity index (χ1n) is 9.30. The maximum absolute atomic E-state index is 12.0. The van der Waals surface area contributed by atoms with Crippen LogP contribution in [0.3, 0.4) is 0 Å². The number of carbonyl (C=O) groups excluding carboxylic acids is 1. The Hall–Kier alpha value is -3.61. The van der Waals surface area contributed by atoms with Crippen molar-refractivity contribution in [3.63, 3.8) is 0 Å². The quantitative estimate of drug-likeness (QED) is 0.671. The zero-order valence-corrected chi connectivity index (χ0v) is 16.8. The number of hydrogen-bond donors (Lipinski definition) is 2. The summed E-state index contributed by atoms with van der Waals surface area (Å²) in [6.07, 6.45) is 0.778. The molecule has 3 N–H and O–H groups in total. The van der Waals surface area contributed by atoms with Crippen LogP contribution in [0.5, 0.6) is 5.75 Å². The Morgan fingerprint density at radius 2 is 1.72 bits per heavy atom. The second-order valence-electron chi connectivity index (χ2n) is 7.09. The summed E-state index contributed by atoms with van der Waals surface area (Å²) < 4.78 is 0. The number of rotatable bonds is 6. The predicted octanol–water partition coefficient (Wildman–Crippen LogP) is 2.81. The Morgan fingerprint density at radius 3 is 2.38 bits per heavy atom. The van der Waals surface area contributed by atoms with Gasteiger partial charge in [-0.3, -0.25) is 4.79 Å². The van der Waals surface area contributed by atoms with Crippen molar-refractivity contribution in [3.05, 3.63) is 65.7 Å². The smallest absolute Gasteiger partial charge is 0.253 e. The molecule has 0 radical (unpaired) electrons. The van der Waals surface area contributed by atoms with Crippen LogP contribution < -0.4 is 10.6 Å². The summed E-state index contributed by atoms with van der Waals surface area (Å²) in [5, 5.41) is 18.2. The molecule has 7 nitrogen and oxygen atoms in total. The molecular weight excluding hydrogens is 366 g/mol. The minimum absolute atomic E-state index is 0.0130. The van der Waals surface area contributed by atoms with E-state index in [1.807, 2.05) is 48.3 Å². The van der Waals surface area contributed by atoms with E-state index in [-0.39, 0.29) is 11.7 Å². The fraction of sp³-hybridized carbons (Fsp3) is 0.227. The molecule has 29 heavy (non-hydrogen) atoms. The lowest BCUT2D eigenvalue weighted by Gasteiger charge is -2.21. The molecule has 0 saturated carbocycles. The molecule has 150 valence electrons. The third-order valence-corrected chi connectivity index (χ3v) is 4.74. The number of amides is 1. The van der Waals surface area contributed by atoms with Crippen molar-refractivity contribution >= 4 is 17.4 Å². The monoisotopic (exact) mass is 391 g/mol. The highest BCUT2D eigenvalue weighted by atomic mass is 16.3. The number of nitrogens with zero attached hydrogens (tertiary/aromatic N) is 4. The van der Waals surface area contributed by atoms with E-state index in [9.17, 15) is 9.90 Å². The fourth-order valence-electron chi connectivity index (χ4n) is 3.01. The molecule has 1 heterocycles. The van der Waals surface area contributed by atoms with Crippen LogP contribution in [0.4, 0.5) is 11.5 Å². The lowest BCUT2D eigenvalue weighted by atomic mass is 10.1. The number of carbonyl (C=O) groups is 1. The molecule has 1 amide bonds. The number of phenols is 1. The maximum atomic E-state index is 12.0. The van der Waals surface area contributed by atoms with Gasteiger partial charge in [-0.15, -0.1) is 10.2 Å². The number of aromatic nitrogens is 2. The van der Waals surface area contributed by atoms with Gasteiger partial charge in [0.15, 0.2) is 5.82 Å². The van der Waals surface area contributed by atoms with Gasteiger partial charge in [-0.25, -0.2) is 0 Å². The van der Waals surface area contributed by atoms with Crippen LogP contribution in [0.2, 0.25) is 0 Å². The molecule has 0 fully saturated rings. The summed E-state index contributed by atoms with van der Waals surface area (Å²) in [7, 11) is 5.41. The summed E-state index contributed by atoms with van der Waals surface area (Å²) in [6.45, 7) is 0.705. The number of hydrogen-bond acceptors (Lipinski definition) is 6. The molecule has 0 unspecified atom stereocenters. The third kappa shape index (κ3) is 4.63. The second kappa shape index (κ2) is 8.60. The first kappa shape index (κ1) is 20.1. The van der Waals surface area contributed by atoms with Crippen LogP contribution in [0.15, 0.2) is 54.6 Å². The van der Waals surface area contributed by atoms with E-state index in [1.54, 1.807) is 37.2 Å². The van der Waals surface area contributed by atoms with E-state index in [4.69, 9.17) is 5.73 Å². The normalized spacial score (nSPS) is 10.6. The average molecular weight is 391 g/mol. The van der Waals surface area contributed by atoms with Crippen molar-refractivity contribution in [3.8, 4) is 17.0 Å². The Bertz CT molecular complexity index is 1000. The summed E-state index contributed by atoms with van der Waals surface area (Å²) >= 11 is 0. The standard InChI is InChI=1S/C22H25N5O2/c1-26(2)22(29)16-10-8-15(9-11-16)12-13-27(3)19-14-18(24-25-21(19)23)17-6-4-5-7-20(17)28/h4-11,14,28H,12-13H2,1-3H3,(H2,23,25). The van der Waals surface area contributed by atoms with Gasteiger partial charge in [0.05, 0.1) is 11.4 Å². The number of para-hydroxylation sites is 1. The summed E-state index contributed by atoms with van der Waals surface area (Å²) in [5.41, 5.74) is 9.74. The van der Waals surface area contributed by atoms with E-state index >= 15 is 0 Å². The highest BCUT2D eigenvalue weighted by molar-refractivity contribution is 5.93. The first-order chi connectivity index (χ1) is 13.9. The minimum atomic E-state index is -0.0130. The number of anilines is 2. The minimum Gasteiger partial charge on any atom is -0.507 e. The topological polar surface area (TPSA) is 95.6 Å². The second-order valence-corrected chi connectivity index (χ2v) is 7.09.